The number of hydrogen-bond acceptors (Lipinski definition) is 8. The Balaban J connectivity index is 1.40. The molecule has 0 aliphatic heterocycles. The van der Waals surface area contributed by atoms with Crippen LogP contribution in [0.2, 0.25) is 5.02 Å². The zero-order valence-electron chi connectivity index (χ0n) is 20.6. The number of aromatic nitrogens is 2. The first-order chi connectivity index (χ1) is 17.7. The van der Waals surface area contributed by atoms with Crippen molar-refractivity contribution in [3.05, 3.63) is 46.6 Å². The van der Waals surface area contributed by atoms with Crippen molar-refractivity contribution >= 4 is 46.7 Å². The summed E-state index contributed by atoms with van der Waals surface area (Å²) in [5.74, 6) is 0.361. The van der Waals surface area contributed by atoms with Crippen molar-refractivity contribution in [2.24, 2.45) is 23.5 Å². The summed E-state index contributed by atoms with van der Waals surface area (Å²) in [7, 11) is 1.51. The summed E-state index contributed by atoms with van der Waals surface area (Å²) in [6.45, 7) is 1.45. The highest BCUT2D eigenvalue weighted by Gasteiger charge is 2.47. The van der Waals surface area contributed by atoms with Crippen LogP contribution in [0.15, 0.2) is 30.5 Å². The second-order valence-electron chi connectivity index (χ2n) is 9.81. The lowest BCUT2D eigenvalue weighted by atomic mass is 9.88. The fourth-order valence-electron chi connectivity index (χ4n) is 5.83. The second-order valence-corrected chi connectivity index (χ2v) is 10.2. The third-order valence-electron chi connectivity index (χ3n) is 7.41. The minimum atomic E-state index is -0.349. The Kier molecular flexibility index (Phi) is 6.76. The molecule has 0 saturated heterocycles. The number of methoxy groups -OCH3 is 1. The number of amides is 2. The van der Waals surface area contributed by atoms with Gasteiger partial charge in [-0.05, 0) is 42.7 Å². The lowest BCUT2D eigenvalue weighted by Crippen LogP contribution is -2.41. The monoisotopic (exact) mass is 524 g/mol. The number of ether oxygens (including phenoxy) is 1. The first-order valence-corrected chi connectivity index (χ1v) is 12.7. The standard InChI is InChI=1S/C26H29ClN6O4/c1-12(34)30-16-7-5-13-6-8-18(23(37-2)20(13)19(35)10-16)31-26-29-11-17(27)25(33-26)32-22-15-4-3-14(9-15)21(22)24(28)36/h3-4,6,8,11,14-16,21-22H,5,7,9-10H2,1-2H3,(H2,28,36)(H,30,34)(H2,29,31,32,33)/t14-,15+,16?,21+,22-/m1/s1. The molecule has 3 aliphatic carbocycles. The molecule has 2 bridgehead atoms. The Bertz CT molecular complexity index is 1300. The second kappa shape index (κ2) is 10.0. The number of halogens is 1. The number of rotatable bonds is 7. The van der Waals surface area contributed by atoms with E-state index in [-0.39, 0.29) is 59.8 Å². The maximum atomic E-state index is 13.2. The molecule has 5 atom stereocenters. The molecule has 3 aliphatic rings. The lowest BCUT2D eigenvalue weighted by Gasteiger charge is -2.27. The molecule has 5 N–H and O–H groups in total. The molecule has 1 fully saturated rings. The minimum Gasteiger partial charge on any atom is -0.494 e. The van der Waals surface area contributed by atoms with E-state index >= 15 is 0 Å². The number of nitrogens with one attached hydrogen (secondary N) is 3. The fraction of sp³-hybridized carbons (Fsp3) is 0.423. The molecule has 5 rings (SSSR count). The van der Waals surface area contributed by atoms with Gasteiger partial charge in [0, 0.05) is 25.4 Å². The number of Topliss-reactive ketones (excluding diaryl/α,β-unsaturated/α-hetero) is 1. The molecular weight excluding hydrogens is 496 g/mol. The van der Waals surface area contributed by atoms with Crippen LogP contribution < -0.4 is 26.4 Å². The molecule has 0 radical (unpaired) electrons. The lowest BCUT2D eigenvalue weighted by molar-refractivity contribution is -0.122. The Labute approximate surface area is 219 Å². The number of carbonyl (C=O) groups is 3. The van der Waals surface area contributed by atoms with Crippen molar-refractivity contribution in [1.82, 2.24) is 15.3 Å². The number of fused-ring (bicyclic) bond motifs is 3. The molecule has 11 heteroatoms. The average Bonchev–Trinajstić information content (AvgIpc) is 3.42. The van der Waals surface area contributed by atoms with Crippen LogP contribution in [-0.4, -0.2) is 46.8 Å². The van der Waals surface area contributed by atoms with Crippen molar-refractivity contribution in [3.63, 3.8) is 0 Å². The van der Waals surface area contributed by atoms with E-state index in [0.29, 0.717) is 40.7 Å². The van der Waals surface area contributed by atoms with Gasteiger partial charge in [0.15, 0.2) is 17.4 Å². The van der Waals surface area contributed by atoms with Crippen LogP contribution in [0.25, 0.3) is 0 Å². The van der Waals surface area contributed by atoms with Crippen molar-refractivity contribution < 1.29 is 19.1 Å². The highest BCUT2D eigenvalue weighted by Crippen LogP contribution is 2.45. The predicted octanol–water partition coefficient (Wildman–Crippen LogP) is 2.99. The molecule has 37 heavy (non-hydrogen) atoms. The quantitative estimate of drug-likeness (QED) is 0.319. The van der Waals surface area contributed by atoms with E-state index < -0.39 is 0 Å². The van der Waals surface area contributed by atoms with Crippen molar-refractivity contribution in [3.8, 4) is 5.75 Å². The first-order valence-electron chi connectivity index (χ1n) is 12.3. The van der Waals surface area contributed by atoms with Gasteiger partial charge in [-0.25, -0.2) is 4.98 Å². The average molecular weight is 525 g/mol. The third kappa shape index (κ3) is 4.85. The number of benzene rings is 1. The predicted molar refractivity (Wildman–Crippen MR) is 139 cm³/mol. The van der Waals surface area contributed by atoms with E-state index in [1.165, 1.54) is 20.2 Å². The number of nitrogens with zero attached hydrogens (tertiary/aromatic N) is 2. The van der Waals surface area contributed by atoms with Crippen molar-refractivity contribution in [1.29, 1.82) is 0 Å². The van der Waals surface area contributed by atoms with Gasteiger partial charge in [-0.1, -0.05) is 29.8 Å². The first kappa shape index (κ1) is 25.0. The molecule has 1 unspecified atom stereocenters. The van der Waals surface area contributed by atoms with Gasteiger partial charge in [-0.2, -0.15) is 4.98 Å². The summed E-state index contributed by atoms with van der Waals surface area (Å²) in [5, 5.41) is 9.63. The van der Waals surface area contributed by atoms with E-state index in [0.717, 1.165) is 12.0 Å². The van der Waals surface area contributed by atoms with Crippen molar-refractivity contribution in [2.45, 2.75) is 44.7 Å². The van der Waals surface area contributed by atoms with Crippen LogP contribution >= 0.6 is 11.6 Å². The molecule has 2 amide bonds. The Hall–Kier alpha value is -3.66. The molecule has 1 saturated carbocycles. The fourth-order valence-corrected chi connectivity index (χ4v) is 5.98. The normalized spacial score (nSPS) is 25.8. The van der Waals surface area contributed by atoms with Crippen LogP contribution in [0, 0.1) is 17.8 Å². The molecule has 1 heterocycles. The van der Waals surface area contributed by atoms with Gasteiger partial charge < -0.3 is 26.4 Å². The Morgan fingerprint density at radius 1 is 1.22 bits per heavy atom. The molecule has 194 valence electrons. The maximum Gasteiger partial charge on any atom is 0.229 e. The Morgan fingerprint density at radius 3 is 2.73 bits per heavy atom. The third-order valence-corrected chi connectivity index (χ3v) is 7.69. The summed E-state index contributed by atoms with van der Waals surface area (Å²) >= 11 is 6.40. The number of aryl methyl sites for hydroxylation is 1. The van der Waals surface area contributed by atoms with E-state index in [1.807, 2.05) is 12.1 Å². The van der Waals surface area contributed by atoms with Gasteiger partial charge in [0.05, 0.1) is 30.5 Å². The number of hydrogen-bond donors (Lipinski definition) is 4. The SMILES string of the molecule is COc1c(Nc2ncc(Cl)c(N[C@H]3[C@@H](C(N)=O)[C@@H]4C=C[C@H]3C4)n2)ccc2c1C(=O)CC(NC(C)=O)CC2. The van der Waals surface area contributed by atoms with E-state index in [2.05, 4.69) is 38.1 Å². The van der Waals surface area contributed by atoms with Crippen LogP contribution in [0.1, 0.15) is 42.1 Å². The Morgan fingerprint density at radius 2 is 2.00 bits per heavy atom. The molecule has 1 aromatic carbocycles. The van der Waals surface area contributed by atoms with Gasteiger partial charge in [-0.3, -0.25) is 14.4 Å². The van der Waals surface area contributed by atoms with Crippen LogP contribution in [-0.2, 0) is 16.0 Å². The van der Waals surface area contributed by atoms with Gasteiger partial charge in [0.1, 0.15) is 5.02 Å². The highest BCUT2D eigenvalue weighted by molar-refractivity contribution is 6.32. The molecule has 10 nitrogen and oxygen atoms in total. The van der Waals surface area contributed by atoms with Gasteiger partial charge >= 0.3 is 0 Å². The molecule has 1 aromatic heterocycles. The summed E-state index contributed by atoms with van der Waals surface area (Å²) < 4.78 is 5.67. The van der Waals surface area contributed by atoms with E-state index in [9.17, 15) is 14.4 Å². The van der Waals surface area contributed by atoms with Crippen LogP contribution in [0.3, 0.4) is 0 Å². The highest BCUT2D eigenvalue weighted by atomic mass is 35.5. The summed E-state index contributed by atoms with van der Waals surface area (Å²) in [5.41, 5.74) is 7.57. The summed E-state index contributed by atoms with van der Waals surface area (Å²) in [6, 6.07) is 3.27. The minimum absolute atomic E-state index is 0.104. The number of allylic oxidation sites excluding steroid dienone is 1. The van der Waals surface area contributed by atoms with Gasteiger partial charge in [-0.15, -0.1) is 0 Å². The number of ketones is 1. The van der Waals surface area contributed by atoms with Crippen LogP contribution in [0.4, 0.5) is 17.5 Å². The van der Waals surface area contributed by atoms with Gasteiger partial charge in [0.2, 0.25) is 17.8 Å². The molecule has 0 spiro atoms. The number of nitrogens with two attached hydrogens (primary N) is 1. The maximum absolute atomic E-state index is 13.2. The van der Waals surface area contributed by atoms with Crippen LogP contribution in [0.5, 0.6) is 5.75 Å². The summed E-state index contributed by atoms with van der Waals surface area (Å²) in [4.78, 5) is 45.6. The van der Waals surface area contributed by atoms with E-state index in [4.69, 9.17) is 22.1 Å². The number of primary amides is 1. The number of anilines is 3. The van der Waals surface area contributed by atoms with E-state index in [1.54, 1.807) is 0 Å². The number of carbonyl (C=O) groups excluding carboxylic acids is 3. The molecular formula is C26H29ClN6O4. The largest absolute Gasteiger partial charge is 0.494 e. The van der Waals surface area contributed by atoms with Gasteiger partial charge in [0.25, 0.3) is 0 Å². The smallest absolute Gasteiger partial charge is 0.229 e. The zero-order valence-corrected chi connectivity index (χ0v) is 21.3. The molecule has 2 aromatic rings. The summed E-state index contributed by atoms with van der Waals surface area (Å²) in [6.07, 6.45) is 7.97. The zero-order chi connectivity index (χ0) is 26.3. The van der Waals surface area contributed by atoms with Crippen molar-refractivity contribution in [2.75, 3.05) is 17.7 Å². The topological polar surface area (TPSA) is 148 Å².